The highest BCUT2D eigenvalue weighted by atomic mass is 16.5. The number of amides is 1. The molecule has 1 heterocycles. The molecule has 0 radical (unpaired) electrons. The van der Waals surface area contributed by atoms with Gasteiger partial charge in [-0.15, -0.1) is 0 Å². The van der Waals surface area contributed by atoms with E-state index in [1.54, 1.807) is 0 Å². The molecule has 0 unspecified atom stereocenters. The van der Waals surface area contributed by atoms with Gasteiger partial charge in [0, 0.05) is 19.1 Å². The first-order valence-electron chi connectivity index (χ1n) is 7.76. The SMILES string of the molecule is CCOc1ccc(CC(=O)N2C[C@H](C(C)C)[C@@H](N)C2)cc1. The molecule has 1 aliphatic rings. The summed E-state index contributed by atoms with van der Waals surface area (Å²) in [6.45, 7) is 8.42. The molecule has 0 spiro atoms. The Labute approximate surface area is 127 Å². The van der Waals surface area contributed by atoms with E-state index in [9.17, 15) is 4.79 Å². The van der Waals surface area contributed by atoms with Crippen LogP contribution in [0, 0.1) is 11.8 Å². The first-order chi connectivity index (χ1) is 10.0. The van der Waals surface area contributed by atoms with Gasteiger partial charge in [0.2, 0.25) is 5.91 Å². The van der Waals surface area contributed by atoms with Gasteiger partial charge in [-0.05, 0) is 36.5 Å². The van der Waals surface area contributed by atoms with Gasteiger partial charge in [0.15, 0.2) is 0 Å². The topological polar surface area (TPSA) is 55.6 Å². The van der Waals surface area contributed by atoms with Crippen LogP contribution in [0.5, 0.6) is 5.75 Å². The lowest BCUT2D eigenvalue weighted by atomic mass is 9.92. The zero-order valence-electron chi connectivity index (χ0n) is 13.2. The van der Waals surface area contributed by atoms with E-state index in [2.05, 4.69) is 13.8 Å². The normalized spacial score (nSPS) is 21.9. The largest absolute Gasteiger partial charge is 0.494 e. The van der Waals surface area contributed by atoms with Gasteiger partial charge in [0.1, 0.15) is 5.75 Å². The van der Waals surface area contributed by atoms with Crippen molar-refractivity contribution in [3.05, 3.63) is 29.8 Å². The van der Waals surface area contributed by atoms with E-state index in [1.165, 1.54) is 0 Å². The summed E-state index contributed by atoms with van der Waals surface area (Å²) < 4.78 is 5.41. The molecule has 4 heteroatoms. The summed E-state index contributed by atoms with van der Waals surface area (Å²) in [6.07, 6.45) is 0.434. The standard InChI is InChI=1S/C17H26N2O2/c1-4-21-14-7-5-13(6-8-14)9-17(20)19-10-15(12(2)3)16(18)11-19/h5-8,12,15-16H,4,9-11,18H2,1-3H3/t15-,16+/m1/s1. The number of rotatable bonds is 5. The molecular weight excluding hydrogens is 264 g/mol. The summed E-state index contributed by atoms with van der Waals surface area (Å²) in [5.74, 6) is 1.94. The number of benzene rings is 1. The maximum Gasteiger partial charge on any atom is 0.227 e. The number of likely N-dealkylation sites (tertiary alicyclic amines) is 1. The third-order valence-corrected chi connectivity index (χ3v) is 4.21. The van der Waals surface area contributed by atoms with Crippen molar-refractivity contribution < 1.29 is 9.53 Å². The van der Waals surface area contributed by atoms with Crippen LogP contribution in [0.25, 0.3) is 0 Å². The summed E-state index contributed by atoms with van der Waals surface area (Å²) in [7, 11) is 0. The molecule has 2 atom stereocenters. The van der Waals surface area contributed by atoms with Gasteiger partial charge in [0.25, 0.3) is 0 Å². The molecule has 1 aromatic carbocycles. The lowest BCUT2D eigenvalue weighted by Gasteiger charge is -2.18. The molecule has 4 nitrogen and oxygen atoms in total. The smallest absolute Gasteiger partial charge is 0.227 e. The maximum absolute atomic E-state index is 12.4. The molecule has 1 amide bonds. The highest BCUT2D eigenvalue weighted by Gasteiger charge is 2.34. The van der Waals surface area contributed by atoms with E-state index >= 15 is 0 Å². The third-order valence-electron chi connectivity index (χ3n) is 4.21. The van der Waals surface area contributed by atoms with Crippen LogP contribution >= 0.6 is 0 Å². The fourth-order valence-electron chi connectivity index (χ4n) is 2.92. The van der Waals surface area contributed by atoms with Gasteiger partial charge in [-0.25, -0.2) is 0 Å². The Morgan fingerprint density at radius 3 is 2.52 bits per heavy atom. The van der Waals surface area contributed by atoms with E-state index in [4.69, 9.17) is 10.5 Å². The average Bonchev–Trinajstić information content (AvgIpc) is 2.84. The molecule has 1 saturated heterocycles. The number of hydrogen-bond donors (Lipinski definition) is 1. The average molecular weight is 290 g/mol. The molecule has 21 heavy (non-hydrogen) atoms. The Morgan fingerprint density at radius 1 is 1.33 bits per heavy atom. The van der Waals surface area contributed by atoms with Crippen molar-refractivity contribution in [2.24, 2.45) is 17.6 Å². The van der Waals surface area contributed by atoms with Crippen LogP contribution < -0.4 is 10.5 Å². The van der Waals surface area contributed by atoms with Crippen molar-refractivity contribution in [1.82, 2.24) is 4.90 Å². The summed E-state index contributed by atoms with van der Waals surface area (Å²) in [5, 5.41) is 0. The summed E-state index contributed by atoms with van der Waals surface area (Å²) in [6, 6.07) is 7.85. The minimum atomic E-state index is 0.106. The van der Waals surface area contributed by atoms with Crippen LogP contribution in [-0.4, -0.2) is 36.5 Å². The van der Waals surface area contributed by atoms with Crippen LogP contribution in [0.3, 0.4) is 0 Å². The van der Waals surface area contributed by atoms with Crippen molar-refractivity contribution in [3.8, 4) is 5.75 Å². The van der Waals surface area contributed by atoms with E-state index in [-0.39, 0.29) is 11.9 Å². The van der Waals surface area contributed by atoms with E-state index in [1.807, 2.05) is 36.1 Å². The van der Waals surface area contributed by atoms with Gasteiger partial charge in [-0.3, -0.25) is 4.79 Å². The van der Waals surface area contributed by atoms with E-state index in [0.717, 1.165) is 17.9 Å². The second kappa shape index (κ2) is 6.94. The molecule has 2 N–H and O–H groups in total. The van der Waals surface area contributed by atoms with Crippen molar-refractivity contribution in [2.75, 3.05) is 19.7 Å². The number of ether oxygens (including phenoxy) is 1. The Morgan fingerprint density at radius 2 is 2.00 bits per heavy atom. The highest BCUT2D eigenvalue weighted by molar-refractivity contribution is 5.79. The lowest BCUT2D eigenvalue weighted by molar-refractivity contribution is -0.129. The van der Waals surface area contributed by atoms with Crippen LogP contribution in [0.2, 0.25) is 0 Å². The Bertz CT molecular complexity index is 470. The summed E-state index contributed by atoms with van der Waals surface area (Å²) in [5.41, 5.74) is 7.16. The molecule has 0 saturated carbocycles. The monoisotopic (exact) mass is 290 g/mol. The first kappa shape index (κ1) is 15.8. The van der Waals surface area contributed by atoms with Gasteiger partial charge < -0.3 is 15.4 Å². The molecule has 2 rings (SSSR count). The molecular formula is C17H26N2O2. The third kappa shape index (κ3) is 3.97. The Kier molecular flexibility index (Phi) is 5.23. The van der Waals surface area contributed by atoms with Crippen molar-refractivity contribution in [2.45, 2.75) is 33.2 Å². The Hall–Kier alpha value is -1.55. The minimum absolute atomic E-state index is 0.106. The van der Waals surface area contributed by atoms with Crippen LogP contribution in [0.15, 0.2) is 24.3 Å². The number of nitrogens with two attached hydrogens (primary N) is 1. The first-order valence-corrected chi connectivity index (χ1v) is 7.76. The zero-order chi connectivity index (χ0) is 15.4. The van der Waals surface area contributed by atoms with Gasteiger partial charge in [-0.1, -0.05) is 26.0 Å². The van der Waals surface area contributed by atoms with Crippen LogP contribution in [0.1, 0.15) is 26.3 Å². The second-order valence-corrected chi connectivity index (χ2v) is 6.12. The maximum atomic E-state index is 12.4. The molecule has 0 aliphatic carbocycles. The fourth-order valence-corrected chi connectivity index (χ4v) is 2.92. The molecule has 0 aromatic heterocycles. The van der Waals surface area contributed by atoms with Crippen LogP contribution in [0.4, 0.5) is 0 Å². The van der Waals surface area contributed by atoms with Gasteiger partial charge in [-0.2, -0.15) is 0 Å². The van der Waals surface area contributed by atoms with Crippen LogP contribution in [-0.2, 0) is 11.2 Å². The van der Waals surface area contributed by atoms with Crippen molar-refractivity contribution in [3.63, 3.8) is 0 Å². The van der Waals surface area contributed by atoms with Gasteiger partial charge >= 0.3 is 0 Å². The zero-order valence-corrected chi connectivity index (χ0v) is 13.2. The summed E-state index contributed by atoms with van der Waals surface area (Å²) in [4.78, 5) is 14.3. The van der Waals surface area contributed by atoms with Crippen molar-refractivity contribution in [1.29, 1.82) is 0 Å². The number of carbonyl (C=O) groups is 1. The lowest BCUT2D eigenvalue weighted by Crippen LogP contribution is -2.33. The number of carbonyl (C=O) groups excluding carboxylic acids is 1. The second-order valence-electron chi connectivity index (χ2n) is 6.12. The number of nitrogens with zero attached hydrogens (tertiary/aromatic N) is 1. The van der Waals surface area contributed by atoms with Crippen molar-refractivity contribution >= 4 is 5.91 Å². The summed E-state index contributed by atoms with van der Waals surface area (Å²) >= 11 is 0. The molecule has 0 bridgehead atoms. The molecule has 1 fully saturated rings. The quantitative estimate of drug-likeness (QED) is 0.903. The fraction of sp³-hybridized carbons (Fsp3) is 0.588. The number of hydrogen-bond acceptors (Lipinski definition) is 3. The molecule has 1 aromatic rings. The van der Waals surface area contributed by atoms with E-state index < -0.39 is 0 Å². The molecule has 1 aliphatic heterocycles. The highest BCUT2D eigenvalue weighted by Crippen LogP contribution is 2.23. The minimum Gasteiger partial charge on any atom is -0.494 e. The van der Waals surface area contributed by atoms with E-state index in [0.29, 0.717) is 31.4 Å². The Balaban J connectivity index is 1.92. The predicted molar refractivity (Wildman–Crippen MR) is 84.2 cm³/mol. The predicted octanol–water partition coefficient (Wildman–Crippen LogP) is 2.07. The van der Waals surface area contributed by atoms with Gasteiger partial charge in [0.05, 0.1) is 13.0 Å². The molecule has 116 valence electrons.